The second-order valence-electron chi connectivity index (χ2n) is 3.71. The maximum atomic E-state index is 10.9. The number of hydrogen-bond acceptors (Lipinski definition) is 2. The minimum Gasteiger partial charge on any atom is -0.480 e. The Morgan fingerprint density at radius 1 is 1.33 bits per heavy atom. The number of carbonyl (C=O) groups is 1. The Morgan fingerprint density at radius 2 is 1.87 bits per heavy atom. The predicted molar refractivity (Wildman–Crippen MR) is 61.3 cm³/mol. The van der Waals surface area contributed by atoms with Crippen molar-refractivity contribution in [1.29, 1.82) is 0 Å². The highest BCUT2D eigenvalue weighted by molar-refractivity contribution is 6.30. The highest BCUT2D eigenvalue weighted by atomic mass is 35.5. The molecule has 15 heavy (non-hydrogen) atoms. The Balaban J connectivity index is 2.74. The summed E-state index contributed by atoms with van der Waals surface area (Å²) in [5.41, 5.74) is 0.764. The van der Waals surface area contributed by atoms with Gasteiger partial charge in [-0.15, -0.1) is 0 Å². The van der Waals surface area contributed by atoms with E-state index in [-0.39, 0.29) is 5.92 Å². The van der Waals surface area contributed by atoms with Crippen molar-refractivity contribution in [3.05, 3.63) is 29.3 Å². The summed E-state index contributed by atoms with van der Waals surface area (Å²) in [6, 6.07) is 6.40. The van der Waals surface area contributed by atoms with Crippen LogP contribution >= 0.6 is 11.6 Å². The lowest BCUT2D eigenvalue weighted by atomic mass is 10.0. The van der Waals surface area contributed by atoms with Gasteiger partial charge in [-0.1, -0.05) is 25.4 Å². The number of carboxylic acids is 1. The van der Waals surface area contributed by atoms with E-state index >= 15 is 0 Å². The van der Waals surface area contributed by atoms with E-state index in [1.807, 2.05) is 13.8 Å². The zero-order valence-electron chi connectivity index (χ0n) is 8.70. The summed E-state index contributed by atoms with van der Waals surface area (Å²) >= 11 is 5.73. The van der Waals surface area contributed by atoms with E-state index in [1.54, 1.807) is 24.3 Å². The van der Waals surface area contributed by atoms with Gasteiger partial charge in [-0.05, 0) is 30.2 Å². The molecule has 0 aliphatic carbocycles. The molecule has 0 spiro atoms. The summed E-state index contributed by atoms with van der Waals surface area (Å²) in [4.78, 5) is 10.9. The molecule has 0 aliphatic heterocycles. The molecule has 0 bridgehead atoms. The molecule has 0 aromatic heterocycles. The average Bonchev–Trinajstić information content (AvgIpc) is 2.15. The van der Waals surface area contributed by atoms with Crippen LogP contribution in [0.15, 0.2) is 24.3 Å². The van der Waals surface area contributed by atoms with Gasteiger partial charge in [0.05, 0.1) is 0 Å². The standard InChI is InChI=1S/C11H14ClNO2/c1-7(2)10(11(14)15)13-9-5-3-8(12)4-6-9/h3-7,10,13H,1-2H3,(H,14,15)/t10-/m0/s1. The van der Waals surface area contributed by atoms with Crippen molar-refractivity contribution >= 4 is 23.3 Å². The van der Waals surface area contributed by atoms with Crippen LogP contribution in [0.25, 0.3) is 0 Å². The summed E-state index contributed by atoms with van der Waals surface area (Å²) in [5.74, 6) is -0.821. The molecule has 0 radical (unpaired) electrons. The Hall–Kier alpha value is -1.22. The van der Waals surface area contributed by atoms with E-state index in [1.165, 1.54) is 0 Å². The smallest absolute Gasteiger partial charge is 0.326 e. The van der Waals surface area contributed by atoms with Gasteiger partial charge in [0, 0.05) is 10.7 Å². The minimum atomic E-state index is -0.847. The van der Waals surface area contributed by atoms with Gasteiger partial charge >= 0.3 is 5.97 Å². The van der Waals surface area contributed by atoms with Crippen LogP contribution in [-0.4, -0.2) is 17.1 Å². The van der Waals surface area contributed by atoms with Crippen LogP contribution in [0.4, 0.5) is 5.69 Å². The largest absolute Gasteiger partial charge is 0.480 e. The highest BCUT2D eigenvalue weighted by Crippen LogP contribution is 2.16. The minimum absolute atomic E-state index is 0.0261. The molecule has 1 atom stereocenters. The molecule has 3 nitrogen and oxygen atoms in total. The lowest BCUT2D eigenvalue weighted by molar-refractivity contribution is -0.138. The van der Waals surface area contributed by atoms with Crippen LogP contribution < -0.4 is 5.32 Å². The second kappa shape index (κ2) is 5.03. The van der Waals surface area contributed by atoms with E-state index in [4.69, 9.17) is 16.7 Å². The number of aliphatic carboxylic acids is 1. The van der Waals surface area contributed by atoms with Gasteiger partial charge in [-0.25, -0.2) is 4.79 Å². The van der Waals surface area contributed by atoms with Gasteiger partial charge in [0.2, 0.25) is 0 Å². The lowest BCUT2D eigenvalue weighted by Gasteiger charge is -2.19. The molecule has 0 unspecified atom stereocenters. The van der Waals surface area contributed by atoms with E-state index in [2.05, 4.69) is 5.32 Å². The quantitative estimate of drug-likeness (QED) is 0.832. The van der Waals surface area contributed by atoms with Crippen molar-refractivity contribution in [2.45, 2.75) is 19.9 Å². The van der Waals surface area contributed by atoms with Gasteiger partial charge in [0.15, 0.2) is 0 Å². The molecule has 1 rings (SSSR count). The van der Waals surface area contributed by atoms with Crippen LogP contribution in [0.5, 0.6) is 0 Å². The molecular formula is C11H14ClNO2. The maximum absolute atomic E-state index is 10.9. The first kappa shape index (κ1) is 11.9. The average molecular weight is 228 g/mol. The summed E-state index contributed by atoms with van der Waals surface area (Å²) < 4.78 is 0. The molecule has 0 amide bonds. The SMILES string of the molecule is CC(C)[C@H](Nc1ccc(Cl)cc1)C(=O)O. The summed E-state index contributed by atoms with van der Waals surface area (Å²) in [7, 11) is 0. The van der Waals surface area contributed by atoms with E-state index in [0.717, 1.165) is 5.69 Å². The van der Waals surface area contributed by atoms with Gasteiger partial charge in [-0.3, -0.25) is 0 Å². The third-order valence-electron chi connectivity index (χ3n) is 2.10. The predicted octanol–water partition coefficient (Wildman–Crippen LogP) is 2.86. The van der Waals surface area contributed by atoms with Crippen molar-refractivity contribution in [3.63, 3.8) is 0 Å². The van der Waals surface area contributed by atoms with Crippen LogP contribution in [0.2, 0.25) is 5.02 Å². The maximum Gasteiger partial charge on any atom is 0.326 e. The first-order valence-corrected chi connectivity index (χ1v) is 5.13. The highest BCUT2D eigenvalue weighted by Gasteiger charge is 2.20. The summed E-state index contributed by atoms with van der Waals surface area (Å²) in [6.07, 6.45) is 0. The zero-order chi connectivity index (χ0) is 11.4. The molecular weight excluding hydrogens is 214 g/mol. The molecule has 0 fully saturated rings. The molecule has 0 saturated heterocycles. The molecule has 2 N–H and O–H groups in total. The number of halogens is 1. The number of hydrogen-bond donors (Lipinski definition) is 2. The fraction of sp³-hybridized carbons (Fsp3) is 0.364. The zero-order valence-corrected chi connectivity index (χ0v) is 9.45. The Labute approximate surface area is 94.1 Å². The molecule has 1 aromatic rings. The van der Waals surface area contributed by atoms with Gasteiger partial charge < -0.3 is 10.4 Å². The topological polar surface area (TPSA) is 49.3 Å². The fourth-order valence-corrected chi connectivity index (χ4v) is 1.37. The lowest BCUT2D eigenvalue weighted by Crippen LogP contribution is -2.34. The van der Waals surface area contributed by atoms with Gasteiger partial charge in [0.1, 0.15) is 6.04 Å². The number of anilines is 1. The summed E-state index contributed by atoms with van der Waals surface area (Å²) in [5, 5.41) is 12.6. The van der Waals surface area contributed by atoms with E-state index in [0.29, 0.717) is 5.02 Å². The van der Waals surface area contributed by atoms with Gasteiger partial charge in [-0.2, -0.15) is 0 Å². The third-order valence-corrected chi connectivity index (χ3v) is 2.35. The fourth-order valence-electron chi connectivity index (χ4n) is 1.24. The second-order valence-corrected chi connectivity index (χ2v) is 4.15. The van der Waals surface area contributed by atoms with Crippen LogP contribution in [-0.2, 0) is 4.79 Å². The summed E-state index contributed by atoms with van der Waals surface area (Å²) in [6.45, 7) is 3.73. The van der Waals surface area contributed by atoms with Crippen molar-refractivity contribution in [2.75, 3.05) is 5.32 Å². The van der Waals surface area contributed by atoms with Crippen molar-refractivity contribution < 1.29 is 9.90 Å². The normalized spacial score (nSPS) is 12.5. The van der Waals surface area contributed by atoms with Crippen LogP contribution in [0.1, 0.15) is 13.8 Å². The number of nitrogens with one attached hydrogen (secondary N) is 1. The van der Waals surface area contributed by atoms with Crippen molar-refractivity contribution in [2.24, 2.45) is 5.92 Å². The van der Waals surface area contributed by atoms with Crippen LogP contribution in [0, 0.1) is 5.92 Å². The van der Waals surface area contributed by atoms with Crippen molar-refractivity contribution in [1.82, 2.24) is 0 Å². The van der Waals surface area contributed by atoms with Gasteiger partial charge in [0.25, 0.3) is 0 Å². The van der Waals surface area contributed by atoms with E-state index in [9.17, 15) is 4.79 Å². The number of carboxylic acid groups (broad SMARTS) is 1. The monoisotopic (exact) mass is 227 g/mol. The number of benzene rings is 1. The third kappa shape index (κ3) is 3.44. The first-order valence-electron chi connectivity index (χ1n) is 4.75. The molecule has 4 heteroatoms. The Morgan fingerprint density at radius 3 is 2.27 bits per heavy atom. The van der Waals surface area contributed by atoms with E-state index < -0.39 is 12.0 Å². The van der Waals surface area contributed by atoms with Crippen LogP contribution in [0.3, 0.4) is 0 Å². The first-order chi connectivity index (χ1) is 7.00. The number of rotatable bonds is 4. The molecule has 82 valence electrons. The van der Waals surface area contributed by atoms with Crippen molar-refractivity contribution in [3.8, 4) is 0 Å². The molecule has 0 aliphatic rings. The molecule has 0 heterocycles. The molecule has 1 aromatic carbocycles. The Bertz CT molecular complexity index is 335. The molecule has 0 saturated carbocycles. The Kier molecular flexibility index (Phi) is 3.97.